The summed E-state index contributed by atoms with van der Waals surface area (Å²) in [5, 5.41) is 3.17. The van der Waals surface area contributed by atoms with Gasteiger partial charge in [-0.1, -0.05) is 6.07 Å². The van der Waals surface area contributed by atoms with E-state index in [4.69, 9.17) is 4.42 Å². The monoisotopic (exact) mass is 256 g/mol. The van der Waals surface area contributed by atoms with Crippen molar-refractivity contribution >= 4 is 11.1 Å². The zero-order valence-electron chi connectivity index (χ0n) is 11.3. The molecule has 1 N–H and O–H groups in total. The highest BCUT2D eigenvalue weighted by Gasteiger charge is 2.12. The number of nitrogens with zero attached hydrogens (tertiary/aromatic N) is 3. The molecule has 98 valence electrons. The zero-order chi connectivity index (χ0) is 13.4. The molecular weight excluding hydrogens is 240 g/mol. The molecule has 0 fully saturated rings. The summed E-state index contributed by atoms with van der Waals surface area (Å²) in [6.45, 7) is 2.63. The van der Waals surface area contributed by atoms with E-state index in [1.54, 1.807) is 0 Å². The Labute approximate surface area is 111 Å². The number of hydrogen-bond donors (Lipinski definition) is 1. The van der Waals surface area contributed by atoms with Gasteiger partial charge < -0.3 is 14.3 Å². The van der Waals surface area contributed by atoms with Gasteiger partial charge in [0.2, 0.25) is 0 Å². The lowest BCUT2D eigenvalue weighted by Gasteiger charge is -2.05. The van der Waals surface area contributed by atoms with E-state index in [-0.39, 0.29) is 0 Å². The SMILES string of the molecule is CNCc1c(-c2ccc3nc(C)oc3c2)ncn1C. The van der Waals surface area contributed by atoms with Crippen LogP contribution >= 0.6 is 0 Å². The minimum atomic E-state index is 0.684. The second-order valence-corrected chi connectivity index (χ2v) is 4.60. The van der Waals surface area contributed by atoms with Gasteiger partial charge in [-0.25, -0.2) is 9.97 Å². The van der Waals surface area contributed by atoms with E-state index in [0.717, 1.165) is 34.6 Å². The Balaban J connectivity index is 2.13. The van der Waals surface area contributed by atoms with E-state index < -0.39 is 0 Å². The predicted octanol–water partition coefficient (Wildman–Crippen LogP) is 2.26. The average Bonchev–Trinajstić information content (AvgIpc) is 2.92. The number of benzene rings is 1. The lowest BCUT2D eigenvalue weighted by Crippen LogP contribution is -2.09. The fourth-order valence-corrected chi connectivity index (χ4v) is 2.26. The topological polar surface area (TPSA) is 55.9 Å². The van der Waals surface area contributed by atoms with Crippen LogP contribution in [0.2, 0.25) is 0 Å². The number of aromatic nitrogens is 3. The molecule has 3 rings (SSSR count). The first-order valence-corrected chi connectivity index (χ1v) is 6.21. The third kappa shape index (κ3) is 2.02. The average molecular weight is 256 g/mol. The summed E-state index contributed by atoms with van der Waals surface area (Å²) >= 11 is 0. The Morgan fingerprint density at radius 2 is 2.21 bits per heavy atom. The van der Waals surface area contributed by atoms with Gasteiger partial charge in [0, 0.05) is 26.1 Å². The molecule has 0 amide bonds. The van der Waals surface area contributed by atoms with Crippen molar-refractivity contribution in [1.82, 2.24) is 19.9 Å². The molecular formula is C14H16N4O. The van der Waals surface area contributed by atoms with E-state index in [0.29, 0.717) is 5.89 Å². The van der Waals surface area contributed by atoms with E-state index >= 15 is 0 Å². The highest BCUT2D eigenvalue weighted by molar-refractivity contribution is 5.79. The summed E-state index contributed by atoms with van der Waals surface area (Å²) in [4.78, 5) is 8.79. The van der Waals surface area contributed by atoms with Crippen molar-refractivity contribution in [3.63, 3.8) is 0 Å². The third-order valence-corrected chi connectivity index (χ3v) is 3.17. The van der Waals surface area contributed by atoms with Crippen molar-refractivity contribution in [3.8, 4) is 11.3 Å². The first-order valence-electron chi connectivity index (χ1n) is 6.21. The van der Waals surface area contributed by atoms with Crippen LogP contribution < -0.4 is 5.32 Å². The maximum atomic E-state index is 5.58. The first-order chi connectivity index (χ1) is 9.19. The van der Waals surface area contributed by atoms with Gasteiger partial charge in [-0.2, -0.15) is 0 Å². The predicted molar refractivity (Wildman–Crippen MR) is 73.7 cm³/mol. The maximum absolute atomic E-state index is 5.58. The van der Waals surface area contributed by atoms with E-state index in [9.17, 15) is 0 Å². The van der Waals surface area contributed by atoms with Crippen LogP contribution in [0.3, 0.4) is 0 Å². The van der Waals surface area contributed by atoms with Gasteiger partial charge in [-0.15, -0.1) is 0 Å². The fraction of sp³-hybridized carbons (Fsp3) is 0.286. The summed E-state index contributed by atoms with van der Waals surface area (Å²) in [6, 6.07) is 6.00. The quantitative estimate of drug-likeness (QED) is 0.781. The minimum absolute atomic E-state index is 0.684. The molecule has 0 radical (unpaired) electrons. The number of hydrogen-bond acceptors (Lipinski definition) is 4. The van der Waals surface area contributed by atoms with Crippen LogP contribution in [0, 0.1) is 6.92 Å². The third-order valence-electron chi connectivity index (χ3n) is 3.17. The number of rotatable bonds is 3. The van der Waals surface area contributed by atoms with Crippen molar-refractivity contribution < 1.29 is 4.42 Å². The summed E-state index contributed by atoms with van der Waals surface area (Å²) < 4.78 is 7.60. The molecule has 0 saturated heterocycles. The van der Waals surface area contributed by atoms with Crippen LogP contribution in [0.15, 0.2) is 28.9 Å². The van der Waals surface area contributed by atoms with Crippen LogP contribution in [0.4, 0.5) is 0 Å². The molecule has 5 nitrogen and oxygen atoms in total. The summed E-state index contributed by atoms with van der Waals surface area (Å²) in [5.74, 6) is 0.684. The normalized spacial score (nSPS) is 11.3. The van der Waals surface area contributed by atoms with E-state index in [1.807, 2.05) is 50.1 Å². The van der Waals surface area contributed by atoms with Crippen molar-refractivity contribution in [2.24, 2.45) is 7.05 Å². The maximum Gasteiger partial charge on any atom is 0.192 e. The Bertz CT molecular complexity index is 726. The second-order valence-electron chi connectivity index (χ2n) is 4.60. The Morgan fingerprint density at radius 3 is 3.00 bits per heavy atom. The summed E-state index contributed by atoms with van der Waals surface area (Å²) in [7, 11) is 3.93. The largest absolute Gasteiger partial charge is 0.441 e. The van der Waals surface area contributed by atoms with Crippen LogP contribution in [0.25, 0.3) is 22.4 Å². The molecule has 0 atom stereocenters. The van der Waals surface area contributed by atoms with Gasteiger partial charge in [0.15, 0.2) is 11.5 Å². The van der Waals surface area contributed by atoms with Crippen LogP contribution in [-0.4, -0.2) is 21.6 Å². The molecule has 0 aliphatic carbocycles. The molecule has 3 aromatic rings. The van der Waals surface area contributed by atoms with E-state index in [2.05, 4.69) is 15.3 Å². The number of nitrogens with one attached hydrogen (secondary N) is 1. The Kier molecular flexibility index (Phi) is 2.83. The van der Waals surface area contributed by atoms with Crippen LogP contribution in [-0.2, 0) is 13.6 Å². The molecule has 5 heteroatoms. The standard InChI is InChI=1S/C14H16N4O/c1-9-17-11-5-4-10(6-13(11)19-9)14-12(7-15-2)18(3)8-16-14/h4-6,8,15H,7H2,1-3H3. The minimum Gasteiger partial charge on any atom is -0.441 e. The molecule has 0 spiro atoms. The second kappa shape index (κ2) is 4.51. The van der Waals surface area contributed by atoms with Gasteiger partial charge in [-0.3, -0.25) is 0 Å². The first kappa shape index (κ1) is 11.9. The summed E-state index contributed by atoms with van der Waals surface area (Å²) in [5.41, 5.74) is 4.86. The lowest BCUT2D eigenvalue weighted by molar-refractivity contribution is 0.561. The van der Waals surface area contributed by atoms with E-state index in [1.165, 1.54) is 0 Å². The van der Waals surface area contributed by atoms with Gasteiger partial charge in [0.1, 0.15) is 5.52 Å². The van der Waals surface area contributed by atoms with Crippen molar-refractivity contribution in [2.75, 3.05) is 7.05 Å². The smallest absolute Gasteiger partial charge is 0.192 e. The van der Waals surface area contributed by atoms with Gasteiger partial charge in [0.25, 0.3) is 0 Å². The van der Waals surface area contributed by atoms with Gasteiger partial charge in [0.05, 0.1) is 17.7 Å². The van der Waals surface area contributed by atoms with Crippen LogP contribution in [0.5, 0.6) is 0 Å². The molecule has 0 unspecified atom stereocenters. The van der Waals surface area contributed by atoms with Crippen molar-refractivity contribution in [2.45, 2.75) is 13.5 Å². The molecule has 19 heavy (non-hydrogen) atoms. The summed E-state index contributed by atoms with van der Waals surface area (Å²) in [6.07, 6.45) is 1.83. The number of aryl methyl sites for hydroxylation is 2. The molecule has 2 aromatic heterocycles. The van der Waals surface area contributed by atoms with Gasteiger partial charge in [-0.05, 0) is 19.2 Å². The lowest BCUT2D eigenvalue weighted by atomic mass is 10.1. The van der Waals surface area contributed by atoms with Crippen LogP contribution in [0.1, 0.15) is 11.6 Å². The molecule has 1 aromatic carbocycles. The molecule has 0 aliphatic heterocycles. The fourth-order valence-electron chi connectivity index (χ4n) is 2.26. The zero-order valence-corrected chi connectivity index (χ0v) is 11.3. The van der Waals surface area contributed by atoms with Crippen molar-refractivity contribution in [1.29, 1.82) is 0 Å². The molecule has 0 bridgehead atoms. The Hall–Kier alpha value is -2.14. The highest BCUT2D eigenvalue weighted by Crippen LogP contribution is 2.26. The molecule has 0 saturated carbocycles. The number of imidazole rings is 1. The number of oxazole rings is 1. The highest BCUT2D eigenvalue weighted by atomic mass is 16.3. The van der Waals surface area contributed by atoms with Gasteiger partial charge >= 0.3 is 0 Å². The Morgan fingerprint density at radius 1 is 1.37 bits per heavy atom. The molecule has 2 heterocycles. The van der Waals surface area contributed by atoms with Crippen molar-refractivity contribution in [3.05, 3.63) is 36.1 Å². The molecule has 0 aliphatic rings. The number of fused-ring (bicyclic) bond motifs is 1.